The molecule has 3 aromatic heterocycles. The van der Waals surface area contributed by atoms with Gasteiger partial charge in [-0.15, -0.1) is 0 Å². The number of imidazole rings is 1. The zero-order chi connectivity index (χ0) is 17.5. The molecule has 1 aliphatic rings. The first kappa shape index (κ1) is 14.7. The molecule has 5 rings (SSSR count). The zero-order valence-corrected chi connectivity index (χ0v) is 13.8. The van der Waals surface area contributed by atoms with Gasteiger partial charge in [-0.1, -0.05) is 12.1 Å². The van der Waals surface area contributed by atoms with E-state index in [-0.39, 0.29) is 0 Å². The van der Waals surface area contributed by atoms with Crippen LogP contribution in [0.4, 0.5) is 11.8 Å². The Kier molecular flexibility index (Phi) is 3.22. The lowest BCUT2D eigenvalue weighted by Crippen LogP contribution is -2.02. The summed E-state index contributed by atoms with van der Waals surface area (Å²) in [7, 11) is 0. The van der Waals surface area contributed by atoms with Crippen LogP contribution in [-0.4, -0.2) is 24.6 Å². The quantitative estimate of drug-likeness (QED) is 0.591. The van der Waals surface area contributed by atoms with Crippen molar-refractivity contribution in [1.82, 2.24) is 24.6 Å². The Morgan fingerprint density at radius 3 is 3.00 bits per heavy atom. The Morgan fingerprint density at radius 2 is 2.15 bits per heavy atom. The van der Waals surface area contributed by atoms with Gasteiger partial charge in [-0.2, -0.15) is 10.4 Å². The molecule has 7 heteroatoms. The normalized spacial score (nSPS) is 13.7. The molecule has 0 bridgehead atoms. The Hall–Kier alpha value is -3.66. The Bertz CT molecular complexity index is 1140. The monoisotopic (exact) mass is 341 g/mol. The average molecular weight is 341 g/mol. The summed E-state index contributed by atoms with van der Waals surface area (Å²) in [5.41, 5.74) is 4.16. The van der Waals surface area contributed by atoms with Gasteiger partial charge in [-0.25, -0.2) is 9.97 Å². The van der Waals surface area contributed by atoms with Crippen LogP contribution in [0.3, 0.4) is 0 Å². The third-order valence-corrected chi connectivity index (χ3v) is 4.53. The van der Waals surface area contributed by atoms with Gasteiger partial charge in [0.15, 0.2) is 5.82 Å². The second-order valence-electron chi connectivity index (χ2n) is 6.42. The molecular weight excluding hydrogens is 326 g/mol. The van der Waals surface area contributed by atoms with Crippen molar-refractivity contribution >= 4 is 17.4 Å². The van der Waals surface area contributed by atoms with Gasteiger partial charge >= 0.3 is 0 Å². The summed E-state index contributed by atoms with van der Waals surface area (Å²) in [6.07, 6.45) is 6.03. The van der Waals surface area contributed by atoms with Crippen LogP contribution >= 0.6 is 0 Å². The highest BCUT2D eigenvalue weighted by molar-refractivity contribution is 5.68. The van der Waals surface area contributed by atoms with E-state index in [1.807, 2.05) is 40.9 Å². The fourth-order valence-corrected chi connectivity index (χ4v) is 3.03. The molecule has 126 valence electrons. The van der Waals surface area contributed by atoms with Gasteiger partial charge in [0.25, 0.3) is 0 Å². The number of anilines is 2. The Morgan fingerprint density at radius 1 is 1.23 bits per heavy atom. The van der Waals surface area contributed by atoms with Gasteiger partial charge in [0.1, 0.15) is 5.65 Å². The van der Waals surface area contributed by atoms with Gasteiger partial charge in [0.2, 0.25) is 5.95 Å². The zero-order valence-electron chi connectivity index (χ0n) is 13.8. The number of aromatic amines is 1. The van der Waals surface area contributed by atoms with E-state index in [2.05, 4.69) is 26.6 Å². The predicted molar refractivity (Wildman–Crippen MR) is 97.0 cm³/mol. The molecule has 1 aromatic carbocycles. The number of hydrogen-bond donors (Lipinski definition) is 2. The minimum atomic E-state index is 0.600. The molecule has 2 N–H and O–H groups in total. The first-order chi connectivity index (χ1) is 12.8. The van der Waals surface area contributed by atoms with Crippen LogP contribution in [0.1, 0.15) is 30.0 Å². The molecule has 0 radical (unpaired) electrons. The molecule has 0 saturated heterocycles. The Labute approximate surface area is 149 Å². The van der Waals surface area contributed by atoms with E-state index in [9.17, 15) is 0 Å². The van der Waals surface area contributed by atoms with Crippen LogP contribution in [0.2, 0.25) is 0 Å². The smallest absolute Gasteiger partial charge is 0.214 e. The minimum absolute atomic E-state index is 0.600. The topological polar surface area (TPSA) is 94.7 Å². The molecular formula is C19H15N7. The maximum atomic E-state index is 9.14. The number of benzene rings is 1. The molecule has 7 nitrogen and oxygen atoms in total. The van der Waals surface area contributed by atoms with Crippen molar-refractivity contribution in [3.05, 3.63) is 60.0 Å². The van der Waals surface area contributed by atoms with E-state index in [1.165, 1.54) is 12.8 Å². The van der Waals surface area contributed by atoms with Gasteiger partial charge < -0.3 is 5.32 Å². The molecule has 1 aliphatic carbocycles. The van der Waals surface area contributed by atoms with Crippen LogP contribution in [-0.2, 0) is 0 Å². The van der Waals surface area contributed by atoms with Crippen molar-refractivity contribution < 1.29 is 0 Å². The minimum Gasteiger partial charge on any atom is -0.308 e. The summed E-state index contributed by atoms with van der Waals surface area (Å²) in [6.45, 7) is 0. The lowest BCUT2D eigenvalue weighted by atomic mass is 10.1. The summed E-state index contributed by atoms with van der Waals surface area (Å²) in [5, 5.41) is 19.8. The van der Waals surface area contributed by atoms with Crippen LogP contribution in [0, 0.1) is 11.3 Å². The van der Waals surface area contributed by atoms with Crippen LogP contribution < -0.4 is 5.32 Å². The second-order valence-corrected chi connectivity index (χ2v) is 6.42. The standard InChI is InChI=1S/C19H15N7/c20-11-12-2-1-3-14(8-12)15-10-18-21-6-7-26(18)19(22-15)23-17-9-16(24-25-17)13-4-5-13/h1-3,6-10,13H,4-5H2,(H2,22,23,24,25). The van der Waals surface area contributed by atoms with Crippen molar-refractivity contribution in [1.29, 1.82) is 5.26 Å². The number of nitrogens with one attached hydrogen (secondary N) is 2. The number of nitriles is 1. The second kappa shape index (κ2) is 5.70. The number of fused-ring (bicyclic) bond motifs is 1. The molecule has 0 unspecified atom stereocenters. The van der Waals surface area contributed by atoms with Crippen molar-refractivity contribution in [3.63, 3.8) is 0 Å². The number of hydrogen-bond acceptors (Lipinski definition) is 5. The summed E-state index contributed by atoms with van der Waals surface area (Å²) in [6, 6.07) is 13.5. The molecule has 0 aliphatic heterocycles. The van der Waals surface area contributed by atoms with Gasteiger partial charge in [-0.05, 0) is 25.0 Å². The molecule has 4 aromatic rings. The summed E-state index contributed by atoms with van der Waals surface area (Å²) >= 11 is 0. The van der Waals surface area contributed by atoms with Crippen LogP contribution in [0.25, 0.3) is 16.9 Å². The third-order valence-electron chi connectivity index (χ3n) is 4.53. The molecule has 0 atom stereocenters. The largest absolute Gasteiger partial charge is 0.308 e. The highest BCUT2D eigenvalue weighted by Gasteiger charge is 2.25. The van der Waals surface area contributed by atoms with Gasteiger partial charge in [-0.3, -0.25) is 9.50 Å². The molecule has 3 heterocycles. The maximum Gasteiger partial charge on any atom is 0.214 e. The lowest BCUT2D eigenvalue weighted by Gasteiger charge is -2.09. The van der Waals surface area contributed by atoms with Crippen LogP contribution in [0.15, 0.2) is 48.8 Å². The number of aromatic nitrogens is 5. The molecule has 0 amide bonds. The van der Waals surface area contributed by atoms with Gasteiger partial charge in [0, 0.05) is 41.7 Å². The van der Waals surface area contributed by atoms with E-state index >= 15 is 0 Å². The highest BCUT2D eigenvalue weighted by atomic mass is 15.3. The number of nitrogens with zero attached hydrogens (tertiary/aromatic N) is 5. The van der Waals surface area contributed by atoms with E-state index in [4.69, 9.17) is 10.2 Å². The number of rotatable bonds is 4. The van der Waals surface area contributed by atoms with E-state index in [0.29, 0.717) is 17.4 Å². The summed E-state index contributed by atoms with van der Waals surface area (Å²) in [4.78, 5) is 9.12. The Balaban J connectivity index is 1.57. The van der Waals surface area contributed by atoms with E-state index in [0.717, 1.165) is 28.4 Å². The predicted octanol–water partition coefficient (Wildman–Crippen LogP) is 3.61. The fraction of sp³-hybridized carbons (Fsp3) is 0.158. The van der Waals surface area contributed by atoms with E-state index < -0.39 is 0 Å². The van der Waals surface area contributed by atoms with Crippen LogP contribution in [0.5, 0.6) is 0 Å². The maximum absolute atomic E-state index is 9.14. The van der Waals surface area contributed by atoms with Crippen molar-refractivity contribution in [3.8, 4) is 17.3 Å². The van der Waals surface area contributed by atoms with Gasteiger partial charge in [0.05, 0.1) is 17.3 Å². The SMILES string of the molecule is N#Cc1cccc(-c2cc3nccn3c(Nc3cc(C4CC4)[nH]n3)n2)c1. The third kappa shape index (κ3) is 2.58. The first-order valence-electron chi connectivity index (χ1n) is 8.47. The van der Waals surface area contributed by atoms with Crippen molar-refractivity contribution in [2.75, 3.05) is 5.32 Å². The van der Waals surface area contributed by atoms with Crippen molar-refractivity contribution in [2.45, 2.75) is 18.8 Å². The molecule has 26 heavy (non-hydrogen) atoms. The summed E-state index contributed by atoms with van der Waals surface area (Å²) < 4.78 is 1.88. The fourth-order valence-electron chi connectivity index (χ4n) is 3.03. The highest BCUT2D eigenvalue weighted by Crippen LogP contribution is 2.39. The first-order valence-corrected chi connectivity index (χ1v) is 8.47. The summed E-state index contributed by atoms with van der Waals surface area (Å²) in [5.74, 6) is 1.97. The number of H-pyrrole nitrogens is 1. The molecule has 0 spiro atoms. The van der Waals surface area contributed by atoms with Crippen molar-refractivity contribution in [2.24, 2.45) is 0 Å². The average Bonchev–Trinajstić information content (AvgIpc) is 3.23. The lowest BCUT2D eigenvalue weighted by molar-refractivity contribution is 0.964. The van der Waals surface area contributed by atoms with E-state index in [1.54, 1.807) is 12.3 Å². The molecule has 1 fully saturated rings. The molecule has 1 saturated carbocycles.